The fraction of sp³-hybridized carbons (Fsp3) is 0.462. The van der Waals surface area contributed by atoms with Crippen molar-refractivity contribution in [3.63, 3.8) is 0 Å². The zero-order chi connectivity index (χ0) is 11.3. The Morgan fingerprint density at radius 1 is 1.44 bits per heavy atom. The van der Waals surface area contributed by atoms with E-state index in [1.54, 1.807) is 0 Å². The van der Waals surface area contributed by atoms with Gasteiger partial charge in [-0.3, -0.25) is 4.79 Å². The van der Waals surface area contributed by atoms with Crippen molar-refractivity contribution in [2.75, 3.05) is 0 Å². The first-order valence-corrected chi connectivity index (χ1v) is 6.39. The maximum absolute atomic E-state index is 12.0. The Morgan fingerprint density at radius 2 is 2.19 bits per heavy atom. The van der Waals surface area contributed by atoms with E-state index in [-0.39, 0.29) is 11.4 Å². The van der Waals surface area contributed by atoms with Crippen LogP contribution in [-0.4, -0.2) is 11.4 Å². The summed E-state index contributed by atoms with van der Waals surface area (Å²) in [6, 6.07) is 5.63. The van der Waals surface area contributed by atoms with E-state index in [2.05, 4.69) is 22.9 Å². The number of ether oxygens (including phenoxy) is 1. The Balaban J connectivity index is 1.98. The fourth-order valence-corrected chi connectivity index (χ4v) is 3.25. The number of rotatable bonds is 0. The van der Waals surface area contributed by atoms with Gasteiger partial charge in [0, 0.05) is 4.47 Å². The molecular weight excluding hydrogens is 268 g/mol. The van der Waals surface area contributed by atoms with Crippen molar-refractivity contribution < 1.29 is 9.53 Å². The molecule has 1 spiro atoms. The Hall–Kier alpha value is -0.830. The average molecular weight is 281 g/mol. The summed E-state index contributed by atoms with van der Waals surface area (Å²) in [5.41, 5.74) is 0.540. The standard InChI is InChI=1S/C13H13BrO2/c1-8-5-13(6-8)7-11(15)10-3-2-9(14)4-12(10)16-13/h2-4,8H,5-7H2,1H3. The number of carbonyl (C=O) groups is 1. The van der Waals surface area contributed by atoms with Crippen LogP contribution in [0.3, 0.4) is 0 Å². The molecule has 3 heteroatoms. The van der Waals surface area contributed by atoms with Crippen molar-refractivity contribution in [1.29, 1.82) is 0 Å². The van der Waals surface area contributed by atoms with Crippen molar-refractivity contribution in [3.8, 4) is 5.75 Å². The SMILES string of the molecule is CC1CC2(CC(=O)c3ccc(Br)cc3O2)C1. The topological polar surface area (TPSA) is 26.3 Å². The number of hydrogen-bond donors (Lipinski definition) is 0. The summed E-state index contributed by atoms with van der Waals surface area (Å²) in [4.78, 5) is 12.0. The van der Waals surface area contributed by atoms with Gasteiger partial charge in [0.1, 0.15) is 11.4 Å². The minimum Gasteiger partial charge on any atom is -0.486 e. The maximum Gasteiger partial charge on any atom is 0.170 e. The van der Waals surface area contributed by atoms with Crippen LogP contribution in [-0.2, 0) is 0 Å². The lowest BCUT2D eigenvalue weighted by molar-refractivity contribution is -0.0501. The predicted molar refractivity (Wildman–Crippen MR) is 64.8 cm³/mol. The van der Waals surface area contributed by atoms with Crippen molar-refractivity contribution in [2.24, 2.45) is 5.92 Å². The van der Waals surface area contributed by atoms with Crippen LogP contribution in [0.5, 0.6) is 5.75 Å². The Kier molecular flexibility index (Phi) is 2.15. The highest BCUT2D eigenvalue weighted by Gasteiger charge is 2.48. The lowest BCUT2D eigenvalue weighted by atomic mass is 9.68. The smallest absolute Gasteiger partial charge is 0.170 e. The molecule has 2 nitrogen and oxygen atoms in total. The van der Waals surface area contributed by atoms with E-state index in [9.17, 15) is 4.79 Å². The molecule has 0 amide bonds. The number of hydrogen-bond acceptors (Lipinski definition) is 2. The van der Waals surface area contributed by atoms with Crippen LogP contribution in [0.25, 0.3) is 0 Å². The highest BCUT2D eigenvalue weighted by molar-refractivity contribution is 9.10. The molecule has 1 aromatic carbocycles. The summed E-state index contributed by atoms with van der Waals surface area (Å²) in [6.45, 7) is 2.20. The average Bonchev–Trinajstić information content (AvgIpc) is 2.14. The third-order valence-electron chi connectivity index (χ3n) is 3.49. The van der Waals surface area contributed by atoms with Crippen LogP contribution in [0, 0.1) is 5.92 Å². The summed E-state index contributed by atoms with van der Waals surface area (Å²) in [6.07, 6.45) is 2.56. The highest BCUT2D eigenvalue weighted by Crippen LogP contribution is 2.48. The first kappa shape index (κ1) is 10.3. The molecule has 1 saturated carbocycles. The van der Waals surface area contributed by atoms with Crippen molar-refractivity contribution in [1.82, 2.24) is 0 Å². The minimum atomic E-state index is -0.190. The predicted octanol–water partition coefficient (Wildman–Crippen LogP) is 3.58. The van der Waals surface area contributed by atoms with E-state index < -0.39 is 0 Å². The third-order valence-corrected chi connectivity index (χ3v) is 3.99. The van der Waals surface area contributed by atoms with Crippen LogP contribution < -0.4 is 4.74 Å². The van der Waals surface area contributed by atoms with Crippen LogP contribution >= 0.6 is 15.9 Å². The van der Waals surface area contributed by atoms with E-state index in [1.807, 2.05) is 18.2 Å². The third kappa shape index (κ3) is 1.49. The normalized spacial score (nSPS) is 31.9. The molecule has 0 aromatic heterocycles. The second-order valence-corrected chi connectivity index (χ2v) is 5.95. The molecule has 0 atom stereocenters. The van der Waals surface area contributed by atoms with Crippen molar-refractivity contribution in [2.45, 2.75) is 31.8 Å². The molecule has 0 saturated heterocycles. The molecule has 0 unspecified atom stereocenters. The summed E-state index contributed by atoms with van der Waals surface area (Å²) in [5, 5.41) is 0. The quantitative estimate of drug-likeness (QED) is 0.726. The van der Waals surface area contributed by atoms with E-state index in [0.717, 1.165) is 28.6 Å². The highest BCUT2D eigenvalue weighted by atomic mass is 79.9. The van der Waals surface area contributed by atoms with Crippen LogP contribution in [0.2, 0.25) is 0 Å². The lowest BCUT2D eigenvalue weighted by Crippen LogP contribution is -2.51. The summed E-state index contributed by atoms with van der Waals surface area (Å²) in [7, 11) is 0. The molecule has 84 valence electrons. The second-order valence-electron chi connectivity index (χ2n) is 5.04. The molecule has 1 heterocycles. The number of Topliss-reactive ketones (excluding diaryl/α,β-unsaturated/α-hetero) is 1. The van der Waals surface area contributed by atoms with Gasteiger partial charge in [-0.05, 0) is 37.0 Å². The zero-order valence-corrected chi connectivity index (χ0v) is 10.7. The van der Waals surface area contributed by atoms with Gasteiger partial charge in [0.2, 0.25) is 0 Å². The maximum atomic E-state index is 12.0. The zero-order valence-electron chi connectivity index (χ0n) is 9.13. The van der Waals surface area contributed by atoms with E-state index >= 15 is 0 Å². The van der Waals surface area contributed by atoms with Crippen LogP contribution in [0.15, 0.2) is 22.7 Å². The number of carbonyl (C=O) groups excluding carboxylic acids is 1. The lowest BCUT2D eigenvalue weighted by Gasteiger charge is -2.48. The van der Waals surface area contributed by atoms with Gasteiger partial charge in [0.15, 0.2) is 5.78 Å². The van der Waals surface area contributed by atoms with Gasteiger partial charge in [-0.2, -0.15) is 0 Å². The van der Waals surface area contributed by atoms with Gasteiger partial charge >= 0.3 is 0 Å². The van der Waals surface area contributed by atoms with E-state index in [4.69, 9.17) is 4.74 Å². The molecule has 1 aliphatic carbocycles. The molecule has 1 fully saturated rings. The van der Waals surface area contributed by atoms with E-state index in [0.29, 0.717) is 12.3 Å². The van der Waals surface area contributed by atoms with Gasteiger partial charge in [-0.25, -0.2) is 0 Å². The van der Waals surface area contributed by atoms with Gasteiger partial charge < -0.3 is 4.74 Å². The van der Waals surface area contributed by atoms with Gasteiger partial charge in [-0.15, -0.1) is 0 Å². The van der Waals surface area contributed by atoms with Gasteiger partial charge in [0.25, 0.3) is 0 Å². The van der Waals surface area contributed by atoms with Crippen molar-refractivity contribution >= 4 is 21.7 Å². The molecule has 0 N–H and O–H groups in total. The molecule has 0 bridgehead atoms. The molecule has 2 aliphatic rings. The largest absolute Gasteiger partial charge is 0.486 e. The number of halogens is 1. The first-order valence-electron chi connectivity index (χ1n) is 5.60. The number of fused-ring (bicyclic) bond motifs is 1. The monoisotopic (exact) mass is 280 g/mol. The Morgan fingerprint density at radius 3 is 2.88 bits per heavy atom. The van der Waals surface area contributed by atoms with Crippen LogP contribution in [0.4, 0.5) is 0 Å². The molecule has 3 rings (SSSR count). The molecule has 1 aromatic rings. The number of benzene rings is 1. The van der Waals surface area contributed by atoms with E-state index in [1.165, 1.54) is 0 Å². The molecule has 0 radical (unpaired) electrons. The Labute approximate surface area is 103 Å². The summed E-state index contributed by atoms with van der Waals surface area (Å²) >= 11 is 3.41. The number of ketones is 1. The first-order chi connectivity index (χ1) is 7.58. The molecule has 16 heavy (non-hydrogen) atoms. The van der Waals surface area contributed by atoms with Gasteiger partial charge in [-0.1, -0.05) is 22.9 Å². The minimum absolute atomic E-state index is 0.190. The molecule has 1 aliphatic heterocycles. The van der Waals surface area contributed by atoms with Gasteiger partial charge in [0.05, 0.1) is 12.0 Å². The second kappa shape index (κ2) is 3.33. The van der Waals surface area contributed by atoms with Crippen molar-refractivity contribution in [3.05, 3.63) is 28.2 Å². The fourth-order valence-electron chi connectivity index (χ4n) is 2.91. The van der Waals surface area contributed by atoms with Crippen LogP contribution in [0.1, 0.15) is 36.5 Å². The Bertz CT molecular complexity index is 461. The summed E-state index contributed by atoms with van der Waals surface area (Å²) < 4.78 is 6.99. The summed E-state index contributed by atoms with van der Waals surface area (Å²) in [5.74, 6) is 1.65. The molecular formula is C13H13BrO2.